The molecule has 0 saturated carbocycles. The average molecular weight is 506 g/mol. The predicted molar refractivity (Wildman–Crippen MR) is 144 cm³/mol. The van der Waals surface area contributed by atoms with Crippen molar-refractivity contribution in [3.63, 3.8) is 0 Å². The van der Waals surface area contributed by atoms with Crippen LogP contribution in [0, 0.1) is 6.92 Å². The molecule has 0 radical (unpaired) electrons. The van der Waals surface area contributed by atoms with Crippen molar-refractivity contribution in [3.8, 4) is 0 Å². The van der Waals surface area contributed by atoms with Crippen LogP contribution in [0.1, 0.15) is 71.0 Å². The van der Waals surface area contributed by atoms with E-state index in [2.05, 4.69) is 24.1 Å². The lowest BCUT2D eigenvalue weighted by atomic mass is 9.97. The van der Waals surface area contributed by atoms with Gasteiger partial charge < -0.3 is 20.3 Å². The molecular formula is C27H43N3O4S. The molecule has 1 rings (SSSR count). The Morgan fingerprint density at radius 2 is 1.83 bits per heavy atom. The second kappa shape index (κ2) is 14.8. The average Bonchev–Trinajstić information content (AvgIpc) is 2.75. The number of alkyl carbamates (subject to hydrolysis) is 1. The minimum absolute atomic E-state index is 0.0353. The highest BCUT2D eigenvalue weighted by molar-refractivity contribution is 7.98. The molecule has 0 fully saturated rings. The van der Waals surface area contributed by atoms with Gasteiger partial charge in [-0.05, 0) is 70.6 Å². The van der Waals surface area contributed by atoms with E-state index in [0.717, 1.165) is 24.0 Å². The number of rotatable bonds is 13. The lowest BCUT2D eigenvalue weighted by Gasteiger charge is -2.35. The normalized spacial score (nSPS) is 13.8. The number of nitrogens with zero attached hydrogens (tertiary/aromatic N) is 1. The lowest BCUT2D eigenvalue weighted by Crippen LogP contribution is -2.54. The third-order valence-corrected chi connectivity index (χ3v) is 6.01. The van der Waals surface area contributed by atoms with E-state index in [-0.39, 0.29) is 24.4 Å². The van der Waals surface area contributed by atoms with Gasteiger partial charge in [0.2, 0.25) is 11.8 Å². The van der Waals surface area contributed by atoms with Gasteiger partial charge in [0.15, 0.2) is 0 Å². The molecular weight excluding hydrogens is 462 g/mol. The molecule has 0 spiro atoms. The Kier molecular flexibility index (Phi) is 12.9. The summed E-state index contributed by atoms with van der Waals surface area (Å²) < 4.78 is 5.40. The molecule has 0 saturated heterocycles. The molecule has 3 amide bonds. The minimum atomic E-state index is -0.863. The first-order valence-electron chi connectivity index (χ1n) is 12.2. The third kappa shape index (κ3) is 10.3. The molecule has 7 nitrogen and oxygen atoms in total. The number of thioether (sulfide) groups is 1. The molecule has 35 heavy (non-hydrogen) atoms. The Morgan fingerprint density at radius 3 is 2.37 bits per heavy atom. The zero-order chi connectivity index (χ0) is 26.6. The maximum Gasteiger partial charge on any atom is 0.408 e. The second-order valence-electron chi connectivity index (χ2n) is 9.72. The van der Waals surface area contributed by atoms with Gasteiger partial charge in [-0.1, -0.05) is 43.7 Å². The number of ether oxygens (including phenoxy) is 1. The number of hydrogen-bond donors (Lipinski definition) is 2. The Morgan fingerprint density at radius 1 is 1.17 bits per heavy atom. The van der Waals surface area contributed by atoms with Crippen molar-refractivity contribution in [1.82, 2.24) is 15.5 Å². The molecule has 0 bridgehead atoms. The Balaban J connectivity index is 3.42. The van der Waals surface area contributed by atoms with Crippen LogP contribution >= 0.6 is 11.8 Å². The summed E-state index contributed by atoms with van der Waals surface area (Å²) in [4.78, 5) is 41.6. The van der Waals surface area contributed by atoms with Crippen molar-refractivity contribution in [2.24, 2.45) is 0 Å². The summed E-state index contributed by atoms with van der Waals surface area (Å²) in [6, 6.07) is 5.81. The molecule has 0 aliphatic rings. The van der Waals surface area contributed by atoms with Crippen LogP contribution in [0.2, 0.25) is 0 Å². The Hall–Kier alpha value is -2.48. The Labute approximate surface area is 215 Å². The van der Waals surface area contributed by atoms with Crippen molar-refractivity contribution in [2.75, 3.05) is 18.6 Å². The first kappa shape index (κ1) is 30.6. The monoisotopic (exact) mass is 505 g/mol. The van der Waals surface area contributed by atoms with E-state index in [1.54, 1.807) is 38.6 Å². The molecule has 8 heteroatoms. The fraction of sp³-hybridized carbons (Fsp3) is 0.593. The highest BCUT2D eigenvalue weighted by Gasteiger charge is 2.36. The molecule has 3 atom stereocenters. The first-order valence-corrected chi connectivity index (χ1v) is 13.6. The number of carbonyl (C=O) groups is 3. The van der Waals surface area contributed by atoms with Gasteiger partial charge in [-0.2, -0.15) is 11.8 Å². The van der Waals surface area contributed by atoms with Crippen LogP contribution in [-0.4, -0.2) is 59.0 Å². The molecule has 3 unspecified atom stereocenters. The quantitative estimate of drug-likeness (QED) is 0.368. The van der Waals surface area contributed by atoms with Crippen molar-refractivity contribution in [3.05, 3.63) is 48.0 Å². The fourth-order valence-corrected chi connectivity index (χ4v) is 4.25. The number of benzene rings is 1. The smallest absolute Gasteiger partial charge is 0.408 e. The highest BCUT2D eigenvalue weighted by Crippen LogP contribution is 2.26. The topological polar surface area (TPSA) is 87.7 Å². The number of carbonyl (C=O) groups excluding carboxylic acids is 3. The van der Waals surface area contributed by atoms with Crippen LogP contribution in [0.15, 0.2) is 36.9 Å². The summed E-state index contributed by atoms with van der Waals surface area (Å²) in [5.41, 5.74) is 0.944. The van der Waals surface area contributed by atoms with Gasteiger partial charge in [0.25, 0.3) is 0 Å². The number of aryl methyl sites for hydroxylation is 1. The fourth-order valence-electron chi connectivity index (χ4n) is 3.78. The van der Waals surface area contributed by atoms with Gasteiger partial charge in [0, 0.05) is 12.6 Å². The summed E-state index contributed by atoms with van der Waals surface area (Å²) >= 11 is 1.58. The van der Waals surface area contributed by atoms with Gasteiger partial charge >= 0.3 is 6.09 Å². The molecule has 196 valence electrons. The summed E-state index contributed by atoms with van der Waals surface area (Å²) in [6.45, 7) is 15.2. The van der Waals surface area contributed by atoms with Gasteiger partial charge in [-0.15, -0.1) is 6.58 Å². The summed E-state index contributed by atoms with van der Waals surface area (Å²) in [5, 5.41) is 5.81. The van der Waals surface area contributed by atoms with Gasteiger partial charge in [0.1, 0.15) is 17.7 Å². The van der Waals surface area contributed by atoms with Crippen LogP contribution in [0.3, 0.4) is 0 Å². The van der Waals surface area contributed by atoms with Crippen LogP contribution in [-0.2, 0) is 14.3 Å². The third-order valence-electron chi connectivity index (χ3n) is 5.36. The van der Waals surface area contributed by atoms with E-state index in [1.807, 2.05) is 44.4 Å². The van der Waals surface area contributed by atoms with Crippen LogP contribution < -0.4 is 10.6 Å². The number of nitrogens with one attached hydrogen (secondary N) is 2. The lowest BCUT2D eigenvalue weighted by molar-refractivity contribution is -0.142. The second-order valence-corrected chi connectivity index (χ2v) is 10.7. The van der Waals surface area contributed by atoms with E-state index in [1.165, 1.54) is 4.90 Å². The maximum absolute atomic E-state index is 13.9. The van der Waals surface area contributed by atoms with Crippen LogP contribution in [0.25, 0.3) is 0 Å². The molecule has 2 N–H and O–H groups in total. The molecule has 0 heterocycles. The van der Waals surface area contributed by atoms with E-state index in [4.69, 9.17) is 4.74 Å². The molecule has 0 aromatic heterocycles. The molecule has 0 aliphatic heterocycles. The first-order chi connectivity index (χ1) is 16.4. The minimum Gasteiger partial charge on any atom is -0.444 e. The zero-order valence-electron chi connectivity index (χ0n) is 22.3. The maximum atomic E-state index is 13.9. The molecule has 1 aromatic rings. The van der Waals surface area contributed by atoms with Crippen molar-refractivity contribution >= 4 is 29.7 Å². The van der Waals surface area contributed by atoms with E-state index in [9.17, 15) is 14.4 Å². The van der Waals surface area contributed by atoms with Gasteiger partial charge in [-0.3, -0.25) is 9.59 Å². The van der Waals surface area contributed by atoms with E-state index in [0.29, 0.717) is 12.2 Å². The van der Waals surface area contributed by atoms with Gasteiger partial charge in [-0.25, -0.2) is 4.79 Å². The van der Waals surface area contributed by atoms with Crippen molar-refractivity contribution in [1.29, 1.82) is 0 Å². The van der Waals surface area contributed by atoms with E-state index < -0.39 is 23.8 Å². The van der Waals surface area contributed by atoms with Crippen molar-refractivity contribution in [2.45, 2.75) is 84.5 Å². The highest BCUT2D eigenvalue weighted by atomic mass is 32.2. The molecule has 1 aromatic carbocycles. The number of amides is 3. The predicted octanol–water partition coefficient (Wildman–Crippen LogP) is 5.00. The van der Waals surface area contributed by atoms with Crippen molar-refractivity contribution < 1.29 is 19.1 Å². The van der Waals surface area contributed by atoms with E-state index >= 15 is 0 Å². The largest absolute Gasteiger partial charge is 0.444 e. The van der Waals surface area contributed by atoms with Crippen LogP contribution in [0.5, 0.6) is 0 Å². The number of hydrogen-bond acceptors (Lipinski definition) is 5. The summed E-state index contributed by atoms with van der Waals surface area (Å²) in [5.74, 6) is 0.0517. The van der Waals surface area contributed by atoms with Gasteiger partial charge in [0.05, 0.1) is 0 Å². The summed E-state index contributed by atoms with van der Waals surface area (Å²) in [6.07, 6.45) is 5.05. The molecule has 0 aliphatic carbocycles. The van der Waals surface area contributed by atoms with Crippen LogP contribution in [0.4, 0.5) is 4.79 Å². The SMILES string of the molecule is C=CCN(C(=O)C(CCSC)NC(=O)OC(C)(C)C)C(C(=O)NC(C)CCC)c1ccccc1C. The zero-order valence-corrected chi connectivity index (χ0v) is 23.2. The summed E-state index contributed by atoms with van der Waals surface area (Å²) in [7, 11) is 0. The Bertz CT molecular complexity index is 853. The standard InChI is InChI=1S/C27H43N3O4S/c1-9-13-20(4)28-24(31)23(21-15-12-11-14-19(21)3)30(17-10-2)25(32)22(16-18-35-8)29-26(33)34-27(5,6)7/h10-12,14-15,20,22-23H,2,9,13,16-18H2,1,3-8H3,(H,28,31)(H,29,33).